The van der Waals surface area contributed by atoms with Gasteiger partial charge in [0.2, 0.25) is 0 Å². The molecule has 1 aromatic carbocycles. The fourth-order valence-electron chi connectivity index (χ4n) is 2.24. The van der Waals surface area contributed by atoms with Crippen molar-refractivity contribution in [2.24, 2.45) is 5.41 Å². The second-order valence-corrected chi connectivity index (χ2v) is 5.23. The molecule has 0 atom stereocenters. The maximum atomic E-state index is 5.92. The lowest BCUT2D eigenvalue weighted by Crippen LogP contribution is -2.35. The third-order valence-corrected chi connectivity index (χ3v) is 3.99. The van der Waals surface area contributed by atoms with Gasteiger partial charge in [0.15, 0.2) is 0 Å². The molecule has 0 amide bonds. The van der Waals surface area contributed by atoms with Crippen molar-refractivity contribution in [3.05, 3.63) is 34.9 Å². The molecule has 0 saturated heterocycles. The molecular formula is C15H24ClN. The summed E-state index contributed by atoms with van der Waals surface area (Å²) < 4.78 is 0. The first-order chi connectivity index (χ1) is 8.15. The van der Waals surface area contributed by atoms with E-state index >= 15 is 0 Å². The second-order valence-electron chi connectivity index (χ2n) is 4.79. The lowest BCUT2D eigenvalue weighted by atomic mass is 9.77. The van der Waals surface area contributed by atoms with Crippen molar-refractivity contribution >= 4 is 11.6 Å². The highest BCUT2D eigenvalue weighted by Crippen LogP contribution is 2.30. The van der Waals surface area contributed by atoms with Crippen LogP contribution in [0, 0.1) is 5.41 Å². The molecule has 0 bridgehead atoms. The number of hydrogen-bond acceptors (Lipinski definition) is 1. The van der Waals surface area contributed by atoms with Gasteiger partial charge < -0.3 is 5.32 Å². The number of rotatable bonds is 7. The van der Waals surface area contributed by atoms with E-state index in [4.69, 9.17) is 11.6 Å². The van der Waals surface area contributed by atoms with Gasteiger partial charge in [-0.1, -0.05) is 44.5 Å². The predicted molar refractivity (Wildman–Crippen MR) is 76.7 cm³/mol. The van der Waals surface area contributed by atoms with Crippen molar-refractivity contribution in [2.75, 3.05) is 13.1 Å². The normalized spacial score (nSPS) is 11.8. The quantitative estimate of drug-likeness (QED) is 0.764. The van der Waals surface area contributed by atoms with Gasteiger partial charge >= 0.3 is 0 Å². The Bertz CT molecular complexity index is 314. The van der Waals surface area contributed by atoms with E-state index < -0.39 is 0 Å². The van der Waals surface area contributed by atoms with Gasteiger partial charge in [0.1, 0.15) is 0 Å². The minimum absolute atomic E-state index is 0.379. The maximum absolute atomic E-state index is 5.92. The molecule has 0 saturated carbocycles. The third kappa shape index (κ3) is 4.33. The van der Waals surface area contributed by atoms with Crippen molar-refractivity contribution in [1.82, 2.24) is 5.32 Å². The highest BCUT2D eigenvalue weighted by atomic mass is 35.5. The molecule has 0 aliphatic rings. The van der Waals surface area contributed by atoms with E-state index in [-0.39, 0.29) is 0 Å². The van der Waals surface area contributed by atoms with Crippen LogP contribution < -0.4 is 5.32 Å². The van der Waals surface area contributed by atoms with E-state index in [0.29, 0.717) is 5.41 Å². The Kier molecular flexibility index (Phi) is 6.01. The summed E-state index contributed by atoms with van der Waals surface area (Å²) >= 11 is 5.92. The van der Waals surface area contributed by atoms with Gasteiger partial charge in [0.05, 0.1) is 0 Å². The summed E-state index contributed by atoms with van der Waals surface area (Å²) in [4.78, 5) is 0. The van der Waals surface area contributed by atoms with E-state index in [1.165, 1.54) is 18.4 Å². The second kappa shape index (κ2) is 7.03. The third-order valence-electron chi connectivity index (χ3n) is 3.74. The van der Waals surface area contributed by atoms with Crippen molar-refractivity contribution < 1.29 is 0 Å². The predicted octanol–water partition coefficient (Wildman–Crippen LogP) is 4.30. The molecule has 0 unspecified atom stereocenters. The summed E-state index contributed by atoms with van der Waals surface area (Å²) in [6, 6.07) is 8.27. The van der Waals surface area contributed by atoms with Gasteiger partial charge in [-0.15, -0.1) is 0 Å². The molecule has 0 radical (unpaired) electrons. The number of halogens is 1. The van der Waals surface area contributed by atoms with Gasteiger partial charge in [0.25, 0.3) is 0 Å². The van der Waals surface area contributed by atoms with Crippen LogP contribution in [0.25, 0.3) is 0 Å². The summed E-state index contributed by atoms with van der Waals surface area (Å²) in [7, 11) is 0. The Morgan fingerprint density at radius 2 is 1.65 bits per heavy atom. The van der Waals surface area contributed by atoms with Crippen LogP contribution in [0.5, 0.6) is 0 Å². The van der Waals surface area contributed by atoms with Crippen LogP contribution in [0.15, 0.2) is 24.3 Å². The van der Waals surface area contributed by atoms with Gasteiger partial charge in [-0.25, -0.2) is 0 Å². The van der Waals surface area contributed by atoms with Crippen LogP contribution in [-0.4, -0.2) is 13.1 Å². The molecule has 0 aromatic heterocycles. The summed E-state index contributed by atoms with van der Waals surface area (Å²) in [5, 5.41) is 4.32. The first kappa shape index (κ1) is 14.5. The molecule has 1 aromatic rings. The zero-order valence-electron chi connectivity index (χ0n) is 11.2. The van der Waals surface area contributed by atoms with E-state index in [1.807, 2.05) is 12.1 Å². The monoisotopic (exact) mass is 253 g/mol. The average Bonchev–Trinajstić information content (AvgIpc) is 2.37. The van der Waals surface area contributed by atoms with Crippen LogP contribution >= 0.6 is 11.6 Å². The Labute approximate surface area is 111 Å². The zero-order valence-corrected chi connectivity index (χ0v) is 12.0. The highest BCUT2D eigenvalue weighted by Gasteiger charge is 2.25. The average molecular weight is 254 g/mol. The van der Waals surface area contributed by atoms with Crippen molar-refractivity contribution in [3.8, 4) is 0 Å². The molecule has 17 heavy (non-hydrogen) atoms. The Morgan fingerprint density at radius 1 is 1.06 bits per heavy atom. The molecule has 0 fully saturated rings. The fraction of sp³-hybridized carbons (Fsp3) is 0.600. The lowest BCUT2D eigenvalue weighted by Gasteiger charge is -2.32. The van der Waals surface area contributed by atoms with Crippen LogP contribution in [0.3, 0.4) is 0 Å². The van der Waals surface area contributed by atoms with Gasteiger partial charge in [-0.05, 0) is 48.9 Å². The van der Waals surface area contributed by atoms with E-state index in [9.17, 15) is 0 Å². The topological polar surface area (TPSA) is 12.0 Å². The highest BCUT2D eigenvalue weighted by molar-refractivity contribution is 6.30. The molecule has 1 rings (SSSR count). The van der Waals surface area contributed by atoms with Gasteiger partial charge in [0, 0.05) is 11.6 Å². The van der Waals surface area contributed by atoms with Crippen LogP contribution in [0.4, 0.5) is 0 Å². The zero-order chi connectivity index (χ0) is 12.7. The minimum atomic E-state index is 0.379. The number of nitrogens with one attached hydrogen (secondary N) is 1. The molecular weight excluding hydrogens is 230 g/mol. The minimum Gasteiger partial charge on any atom is -0.316 e. The number of benzene rings is 1. The van der Waals surface area contributed by atoms with Gasteiger partial charge in [-0.2, -0.15) is 0 Å². The molecule has 96 valence electrons. The van der Waals surface area contributed by atoms with Crippen LogP contribution in [0.2, 0.25) is 5.02 Å². The van der Waals surface area contributed by atoms with Crippen LogP contribution in [-0.2, 0) is 6.42 Å². The summed E-state index contributed by atoms with van der Waals surface area (Å²) in [6.45, 7) is 8.88. The fourth-order valence-corrected chi connectivity index (χ4v) is 2.36. The van der Waals surface area contributed by atoms with Crippen LogP contribution in [0.1, 0.15) is 39.2 Å². The Balaban J connectivity index is 2.74. The largest absolute Gasteiger partial charge is 0.316 e. The number of hydrogen-bond donors (Lipinski definition) is 1. The maximum Gasteiger partial charge on any atom is 0.0406 e. The Morgan fingerprint density at radius 3 is 2.12 bits per heavy atom. The molecule has 2 heteroatoms. The van der Waals surface area contributed by atoms with Crippen molar-refractivity contribution in [1.29, 1.82) is 0 Å². The molecule has 1 nitrogen and oxygen atoms in total. The van der Waals surface area contributed by atoms with E-state index in [0.717, 1.165) is 24.5 Å². The standard InChI is InChI=1S/C15H24ClN/c1-4-15(5-2,12-17-6-3)11-13-7-9-14(16)10-8-13/h7-10,17H,4-6,11-12H2,1-3H3. The first-order valence-electron chi connectivity index (χ1n) is 6.61. The Hall–Kier alpha value is -0.530. The summed E-state index contributed by atoms with van der Waals surface area (Å²) in [5.74, 6) is 0. The van der Waals surface area contributed by atoms with E-state index in [2.05, 4.69) is 38.2 Å². The lowest BCUT2D eigenvalue weighted by molar-refractivity contribution is 0.248. The van der Waals surface area contributed by atoms with Crippen molar-refractivity contribution in [2.45, 2.75) is 40.0 Å². The molecule has 0 aliphatic carbocycles. The first-order valence-corrected chi connectivity index (χ1v) is 6.98. The molecule has 0 heterocycles. The summed E-state index contributed by atoms with van der Waals surface area (Å²) in [5.41, 5.74) is 1.76. The smallest absolute Gasteiger partial charge is 0.0406 e. The molecule has 0 aliphatic heterocycles. The van der Waals surface area contributed by atoms with Gasteiger partial charge in [-0.3, -0.25) is 0 Å². The molecule has 1 N–H and O–H groups in total. The SMILES string of the molecule is CCNCC(CC)(CC)Cc1ccc(Cl)cc1. The van der Waals surface area contributed by atoms with Crippen molar-refractivity contribution in [3.63, 3.8) is 0 Å². The van der Waals surface area contributed by atoms with E-state index in [1.54, 1.807) is 0 Å². The summed E-state index contributed by atoms with van der Waals surface area (Å²) in [6.07, 6.45) is 3.54. The molecule has 0 spiro atoms.